The van der Waals surface area contributed by atoms with Gasteiger partial charge in [-0.1, -0.05) is 11.6 Å². The van der Waals surface area contributed by atoms with E-state index < -0.39 is 0 Å². The summed E-state index contributed by atoms with van der Waals surface area (Å²) in [6.07, 6.45) is 2.48. The molecule has 0 bridgehead atoms. The minimum absolute atomic E-state index is 0.908. The summed E-state index contributed by atoms with van der Waals surface area (Å²) in [7, 11) is 4.21. The zero-order valence-electron chi connectivity index (χ0n) is 8.94. The van der Waals surface area contributed by atoms with Gasteiger partial charge in [0, 0.05) is 12.1 Å². The highest BCUT2D eigenvalue weighted by atomic mass is 35.5. The molecular weight excluding hydrogens is 184 g/mol. The van der Waals surface area contributed by atoms with Crippen LogP contribution in [0, 0.1) is 0 Å². The van der Waals surface area contributed by atoms with Crippen molar-refractivity contribution >= 4 is 11.6 Å². The average molecular weight is 205 g/mol. The van der Waals surface area contributed by atoms with Crippen molar-refractivity contribution < 1.29 is 0 Å². The SMILES string of the molecule is CC(=CCl)CNCCCCN(C)C. The van der Waals surface area contributed by atoms with Crippen molar-refractivity contribution in [3.8, 4) is 0 Å². The van der Waals surface area contributed by atoms with Crippen LogP contribution < -0.4 is 5.32 Å². The van der Waals surface area contributed by atoms with Gasteiger partial charge in [0.2, 0.25) is 0 Å². The monoisotopic (exact) mass is 204 g/mol. The Hall–Kier alpha value is -0.0500. The van der Waals surface area contributed by atoms with Gasteiger partial charge >= 0.3 is 0 Å². The van der Waals surface area contributed by atoms with E-state index in [2.05, 4.69) is 24.3 Å². The average Bonchev–Trinajstić information content (AvgIpc) is 2.10. The van der Waals surface area contributed by atoms with Crippen molar-refractivity contribution in [1.82, 2.24) is 10.2 Å². The molecule has 0 unspecified atom stereocenters. The molecule has 0 rings (SSSR count). The fourth-order valence-corrected chi connectivity index (χ4v) is 1.08. The van der Waals surface area contributed by atoms with Gasteiger partial charge in [0.1, 0.15) is 0 Å². The summed E-state index contributed by atoms with van der Waals surface area (Å²) in [4.78, 5) is 2.21. The van der Waals surface area contributed by atoms with Crippen molar-refractivity contribution in [2.24, 2.45) is 0 Å². The lowest BCUT2D eigenvalue weighted by Gasteiger charge is -2.09. The summed E-state index contributed by atoms with van der Waals surface area (Å²) in [6.45, 7) is 5.19. The van der Waals surface area contributed by atoms with Crippen molar-refractivity contribution in [2.45, 2.75) is 19.8 Å². The lowest BCUT2D eigenvalue weighted by Crippen LogP contribution is -2.19. The highest BCUT2D eigenvalue weighted by Crippen LogP contribution is 1.93. The third-order valence-electron chi connectivity index (χ3n) is 1.80. The molecule has 1 N–H and O–H groups in total. The normalized spacial score (nSPS) is 12.5. The summed E-state index contributed by atoms with van der Waals surface area (Å²) >= 11 is 5.52. The molecule has 13 heavy (non-hydrogen) atoms. The van der Waals surface area contributed by atoms with Crippen LogP contribution in [0.2, 0.25) is 0 Å². The van der Waals surface area contributed by atoms with Gasteiger partial charge in [0.15, 0.2) is 0 Å². The fourth-order valence-electron chi connectivity index (χ4n) is 1.00. The molecule has 0 aliphatic rings. The Morgan fingerprint density at radius 3 is 2.62 bits per heavy atom. The Labute approximate surface area is 86.9 Å². The van der Waals surface area contributed by atoms with Crippen LogP contribution in [0.3, 0.4) is 0 Å². The van der Waals surface area contributed by atoms with Gasteiger partial charge in [0.05, 0.1) is 0 Å². The van der Waals surface area contributed by atoms with Crippen LogP contribution >= 0.6 is 11.6 Å². The zero-order chi connectivity index (χ0) is 10.1. The van der Waals surface area contributed by atoms with E-state index in [9.17, 15) is 0 Å². The van der Waals surface area contributed by atoms with Gasteiger partial charge in [-0.25, -0.2) is 0 Å². The maximum atomic E-state index is 5.52. The Morgan fingerprint density at radius 1 is 1.38 bits per heavy atom. The summed E-state index contributed by atoms with van der Waals surface area (Å²) in [5.74, 6) is 0. The largest absolute Gasteiger partial charge is 0.313 e. The van der Waals surface area contributed by atoms with Gasteiger partial charge in [0.25, 0.3) is 0 Å². The Bertz CT molecular complexity index is 144. The van der Waals surface area contributed by atoms with Crippen LogP contribution in [0.4, 0.5) is 0 Å². The van der Waals surface area contributed by atoms with Gasteiger partial charge in [-0.3, -0.25) is 0 Å². The summed E-state index contributed by atoms with van der Waals surface area (Å²) in [5, 5.41) is 3.34. The molecule has 3 heteroatoms. The third kappa shape index (κ3) is 9.87. The highest BCUT2D eigenvalue weighted by Gasteiger charge is 1.91. The highest BCUT2D eigenvalue weighted by molar-refractivity contribution is 6.25. The molecule has 78 valence electrons. The van der Waals surface area contributed by atoms with E-state index in [1.807, 2.05) is 6.92 Å². The fraction of sp³-hybridized carbons (Fsp3) is 0.800. The van der Waals surface area contributed by atoms with Gasteiger partial charge in [-0.15, -0.1) is 0 Å². The van der Waals surface area contributed by atoms with Crippen LogP contribution in [0.1, 0.15) is 19.8 Å². The summed E-state index contributed by atoms with van der Waals surface area (Å²) in [5.41, 5.74) is 2.82. The van der Waals surface area contributed by atoms with E-state index in [-0.39, 0.29) is 0 Å². The molecule has 0 amide bonds. The first-order valence-corrected chi connectivity index (χ1v) is 5.21. The van der Waals surface area contributed by atoms with E-state index in [0.29, 0.717) is 0 Å². The molecule has 0 aliphatic heterocycles. The minimum Gasteiger partial charge on any atom is -0.313 e. The predicted octanol–water partition coefficient (Wildman–Crippen LogP) is 2.06. The Kier molecular flexibility index (Phi) is 8.51. The number of halogens is 1. The van der Waals surface area contributed by atoms with E-state index in [0.717, 1.165) is 13.1 Å². The minimum atomic E-state index is 0.908. The van der Waals surface area contributed by atoms with Crippen LogP contribution in [-0.4, -0.2) is 38.6 Å². The number of nitrogens with zero attached hydrogens (tertiary/aromatic N) is 1. The van der Waals surface area contributed by atoms with Crippen molar-refractivity contribution in [3.63, 3.8) is 0 Å². The van der Waals surface area contributed by atoms with Crippen LogP contribution in [0.25, 0.3) is 0 Å². The smallest absolute Gasteiger partial charge is 0.0173 e. The quantitative estimate of drug-likeness (QED) is 0.639. The van der Waals surface area contributed by atoms with Crippen LogP contribution in [-0.2, 0) is 0 Å². The number of nitrogens with one attached hydrogen (secondary N) is 1. The van der Waals surface area contributed by atoms with Crippen LogP contribution in [0.15, 0.2) is 11.1 Å². The molecule has 0 saturated heterocycles. The molecule has 0 atom stereocenters. The second-order valence-electron chi connectivity index (χ2n) is 3.64. The van der Waals surface area contributed by atoms with Crippen molar-refractivity contribution in [2.75, 3.05) is 33.7 Å². The number of unbranched alkanes of at least 4 members (excludes halogenated alkanes) is 1. The zero-order valence-corrected chi connectivity index (χ0v) is 9.69. The predicted molar refractivity (Wildman–Crippen MR) is 60.3 cm³/mol. The molecule has 0 aliphatic carbocycles. The molecule has 0 aromatic heterocycles. The molecule has 0 aromatic carbocycles. The van der Waals surface area contributed by atoms with Gasteiger partial charge in [-0.05, 0) is 52.5 Å². The van der Waals surface area contributed by atoms with E-state index >= 15 is 0 Å². The molecule has 2 nitrogen and oxygen atoms in total. The first kappa shape index (κ1) is 12.9. The van der Waals surface area contributed by atoms with Crippen molar-refractivity contribution in [3.05, 3.63) is 11.1 Å². The second-order valence-corrected chi connectivity index (χ2v) is 3.86. The van der Waals surface area contributed by atoms with E-state index in [4.69, 9.17) is 11.6 Å². The molecular formula is C10H21ClN2. The molecule has 0 heterocycles. The van der Waals surface area contributed by atoms with E-state index in [1.165, 1.54) is 25.0 Å². The number of hydrogen-bond acceptors (Lipinski definition) is 2. The molecule has 0 aromatic rings. The first-order chi connectivity index (χ1) is 6.16. The van der Waals surface area contributed by atoms with Crippen molar-refractivity contribution in [1.29, 1.82) is 0 Å². The topological polar surface area (TPSA) is 15.3 Å². The number of hydrogen-bond donors (Lipinski definition) is 1. The summed E-state index contributed by atoms with van der Waals surface area (Å²) < 4.78 is 0. The second kappa shape index (κ2) is 8.54. The Morgan fingerprint density at radius 2 is 2.08 bits per heavy atom. The third-order valence-corrected chi connectivity index (χ3v) is 2.17. The van der Waals surface area contributed by atoms with Gasteiger partial charge in [-0.2, -0.15) is 0 Å². The first-order valence-electron chi connectivity index (χ1n) is 4.78. The molecule has 0 saturated carbocycles. The maximum absolute atomic E-state index is 5.52. The lowest BCUT2D eigenvalue weighted by atomic mass is 10.3. The Balaban J connectivity index is 3.09. The number of rotatable bonds is 7. The summed E-state index contributed by atoms with van der Waals surface area (Å²) in [6, 6.07) is 0. The van der Waals surface area contributed by atoms with E-state index in [1.54, 1.807) is 5.54 Å². The molecule has 0 fully saturated rings. The van der Waals surface area contributed by atoms with Gasteiger partial charge < -0.3 is 10.2 Å². The maximum Gasteiger partial charge on any atom is 0.0173 e. The standard InChI is InChI=1S/C10H21ClN2/c1-10(8-11)9-12-6-4-5-7-13(2)3/h8,12H,4-7,9H2,1-3H3. The van der Waals surface area contributed by atoms with Crippen LogP contribution in [0.5, 0.6) is 0 Å². The lowest BCUT2D eigenvalue weighted by molar-refractivity contribution is 0.392. The molecule has 0 spiro atoms. The molecule has 0 radical (unpaired) electrons.